The van der Waals surface area contributed by atoms with Crippen molar-refractivity contribution in [3.63, 3.8) is 0 Å². The smallest absolute Gasteiger partial charge is 0.0300 e. The monoisotopic (exact) mass is 305 g/mol. The summed E-state index contributed by atoms with van der Waals surface area (Å²) in [6.07, 6.45) is 4.23. The quantitative estimate of drug-likeness (QED) is 0.906. The molecule has 0 amide bonds. The van der Waals surface area contributed by atoms with Gasteiger partial charge in [-0.15, -0.1) is 11.3 Å². The minimum Gasteiger partial charge on any atom is -0.311 e. The molecule has 15 heavy (non-hydrogen) atoms. The summed E-state index contributed by atoms with van der Waals surface area (Å²) in [6, 6.07) is 2.20. The van der Waals surface area contributed by atoms with Gasteiger partial charge < -0.3 is 5.32 Å². The molecule has 2 heterocycles. The SMILES string of the molecule is Brc1csc(CNCC2CCCCS2)c1. The molecule has 1 aromatic rings. The number of thioether (sulfide) groups is 1. The number of halogens is 1. The molecular weight excluding hydrogens is 290 g/mol. The third-order valence-corrected chi connectivity index (χ3v) is 5.66. The Hall–Kier alpha value is 0.490. The highest BCUT2D eigenvalue weighted by atomic mass is 79.9. The van der Waals surface area contributed by atoms with E-state index < -0.39 is 0 Å². The Balaban J connectivity index is 1.65. The highest BCUT2D eigenvalue weighted by molar-refractivity contribution is 9.10. The summed E-state index contributed by atoms with van der Waals surface area (Å²) < 4.78 is 1.20. The van der Waals surface area contributed by atoms with Gasteiger partial charge in [-0.1, -0.05) is 6.42 Å². The van der Waals surface area contributed by atoms with Gasteiger partial charge in [0, 0.05) is 33.1 Å². The second-order valence-electron chi connectivity index (χ2n) is 3.85. The molecule has 1 saturated heterocycles. The Labute approximate surface area is 108 Å². The summed E-state index contributed by atoms with van der Waals surface area (Å²) in [5, 5.41) is 6.55. The van der Waals surface area contributed by atoms with Crippen LogP contribution in [0.5, 0.6) is 0 Å². The first-order valence-electron chi connectivity index (χ1n) is 5.40. The second-order valence-corrected chi connectivity index (χ2v) is 7.17. The Kier molecular flexibility index (Phi) is 5.01. The zero-order chi connectivity index (χ0) is 10.5. The van der Waals surface area contributed by atoms with Gasteiger partial charge in [0.2, 0.25) is 0 Å². The first kappa shape index (κ1) is 12.0. The molecule has 0 saturated carbocycles. The highest BCUT2D eigenvalue weighted by Gasteiger charge is 2.12. The van der Waals surface area contributed by atoms with E-state index in [2.05, 4.69) is 44.5 Å². The first-order chi connectivity index (χ1) is 7.34. The molecule has 2 rings (SSSR count). The van der Waals surface area contributed by atoms with E-state index in [0.717, 1.165) is 11.8 Å². The van der Waals surface area contributed by atoms with Crippen molar-refractivity contribution in [3.8, 4) is 0 Å². The lowest BCUT2D eigenvalue weighted by Gasteiger charge is -2.21. The minimum atomic E-state index is 0.849. The van der Waals surface area contributed by atoms with Gasteiger partial charge in [0.1, 0.15) is 0 Å². The van der Waals surface area contributed by atoms with E-state index in [1.807, 2.05) is 11.3 Å². The molecule has 1 fully saturated rings. The van der Waals surface area contributed by atoms with Crippen LogP contribution in [0.3, 0.4) is 0 Å². The minimum absolute atomic E-state index is 0.849. The Morgan fingerprint density at radius 3 is 3.07 bits per heavy atom. The maximum atomic E-state index is 3.55. The van der Waals surface area contributed by atoms with E-state index in [1.165, 1.54) is 40.9 Å². The standard InChI is InChI=1S/C11H16BrNS2/c12-9-5-11(15-8-9)7-13-6-10-3-1-2-4-14-10/h5,8,10,13H,1-4,6-7H2. The molecule has 0 aromatic carbocycles. The molecule has 0 spiro atoms. The van der Waals surface area contributed by atoms with Gasteiger partial charge in [-0.25, -0.2) is 0 Å². The van der Waals surface area contributed by atoms with E-state index in [9.17, 15) is 0 Å². The Morgan fingerprint density at radius 2 is 2.40 bits per heavy atom. The molecule has 1 aliphatic heterocycles. The van der Waals surface area contributed by atoms with Crippen LogP contribution < -0.4 is 5.32 Å². The van der Waals surface area contributed by atoms with E-state index in [4.69, 9.17) is 0 Å². The zero-order valence-electron chi connectivity index (χ0n) is 8.67. The molecule has 1 aliphatic rings. The highest BCUT2D eigenvalue weighted by Crippen LogP contribution is 2.24. The van der Waals surface area contributed by atoms with Gasteiger partial charge in [0.15, 0.2) is 0 Å². The lowest BCUT2D eigenvalue weighted by molar-refractivity contribution is 0.600. The van der Waals surface area contributed by atoms with Crippen molar-refractivity contribution in [2.24, 2.45) is 0 Å². The molecule has 0 bridgehead atoms. The molecule has 1 aromatic heterocycles. The fraction of sp³-hybridized carbons (Fsp3) is 0.636. The van der Waals surface area contributed by atoms with Crippen molar-refractivity contribution >= 4 is 39.0 Å². The van der Waals surface area contributed by atoms with E-state index >= 15 is 0 Å². The van der Waals surface area contributed by atoms with Crippen LogP contribution in [0, 0.1) is 0 Å². The molecule has 0 aliphatic carbocycles. The van der Waals surface area contributed by atoms with Crippen molar-refractivity contribution in [2.45, 2.75) is 31.1 Å². The van der Waals surface area contributed by atoms with Crippen LogP contribution in [0.15, 0.2) is 15.9 Å². The largest absolute Gasteiger partial charge is 0.311 e. The zero-order valence-corrected chi connectivity index (χ0v) is 11.9. The Bertz CT molecular complexity index is 295. The van der Waals surface area contributed by atoms with E-state index in [-0.39, 0.29) is 0 Å². The lowest BCUT2D eigenvalue weighted by Crippen LogP contribution is -2.26. The molecule has 1 nitrogen and oxygen atoms in total. The third-order valence-electron chi connectivity index (χ3n) is 2.57. The molecular formula is C11H16BrNS2. The molecule has 84 valence electrons. The predicted molar refractivity (Wildman–Crippen MR) is 73.8 cm³/mol. The number of hydrogen-bond donors (Lipinski definition) is 1. The van der Waals surface area contributed by atoms with E-state index in [0.29, 0.717) is 0 Å². The van der Waals surface area contributed by atoms with Crippen LogP contribution in [0.2, 0.25) is 0 Å². The van der Waals surface area contributed by atoms with Gasteiger partial charge >= 0.3 is 0 Å². The van der Waals surface area contributed by atoms with Crippen molar-refractivity contribution in [1.82, 2.24) is 5.32 Å². The van der Waals surface area contributed by atoms with E-state index in [1.54, 1.807) is 0 Å². The lowest BCUT2D eigenvalue weighted by atomic mass is 10.2. The fourth-order valence-electron chi connectivity index (χ4n) is 1.77. The summed E-state index contributed by atoms with van der Waals surface area (Å²) in [5.74, 6) is 1.36. The molecule has 4 heteroatoms. The van der Waals surface area contributed by atoms with Crippen LogP contribution in [-0.2, 0) is 6.54 Å². The van der Waals surface area contributed by atoms with Crippen molar-refractivity contribution in [3.05, 3.63) is 20.8 Å². The molecule has 1 atom stereocenters. The summed E-state index contributed by atoms with van der Waals surface area (Å²) >= 11 is 7.43. The average molecular weight is 306 g/mol. The number of hydrogen-bond acceptors (Lipinski definition) is 3. The van der Waals surface area contributed by atoms with Gasteiger partial charge in [0.05, 0.1) is 0 Å². The number of rotatable bonds is 4. The van der Waals surface area contributed by atoms with Crippen molar-refractivity contribution < 1.29 is 0 Å². The molecule has 1 N–H and O–H groups in total. The van der Waals surface area contributed by atoms with Gasteiger partial charge in [-0.05, 0) is 40.6 Å². The summed E-state index contributed by atoms with van der Waals surface area (Å²) in [4.78, 5) is 1.42. The van der Waals surface area contributed by atoms with Crippen LogP contribution >= 0.6 is 39.0 Å². The average Bonchev–Trinajstić information content (AvgIpc) is 2.66. The third kappa shape index (κ3) is 4.10. The number of nitrogens with one attached hydrogen (secondary N) is 1. The fourth-order valence-corrected chi connectivity index (χ4v) is 4.47. The van der Waals surface area contributed by atoms with Crippen LogP contribution in [0.1, 0.15) is 24.1 Å². The summed E-state index contributed by atoms with van der Waals surface area (Å²) in [5.41, 5.74) is 0. The molecule has 0 radical (unpaired) electrons. The number of thiophene rings is 1. The van der Waals surface area contributed by atoms with Gasteiger partial charge in [-0.2, -0.15) is 11.8 Å². The topological polar surface area (TPSA) is 12.0 Å². The Morgan fingerprint density at radius 1 is 1.47 bits per heavy atom. The van der Waals surface area contributed by atoms with Crippen LogP contribution in [0.4, 0.5) is 0 Å². The first-order valence-corrected chi connectivity index (χ1v) is 8.12. The second kappa shape index (κ2) is 6.28. The maximum Gasteiger partial charge on any atom is 0.0300 e. The maximum absolute atomic E-state index is 3.55. The van der Waals surface area contributed by atoms with Crippen LogP contribution in [-0.4, -0.2) is 17.5 Å². The predicted octanol–water partition coefficient (Wildman–Crippen LogP) is 3.89. The summed E-state index contributed by atoms with van der Waals surface area (Å²) in [6.45, 7) is 2.19. The van der Waals surface area contributed by atoms with Gasteiger partial charge in [-0.3, -0.25) is 0 Å². The van der Waals surface area contributed by atoms with Crippen molar-refractivity contribution in [2.75, 3.05) is 12.3 Å². The summed E-state index contributed by atoms with van der Waals surface area (Å²) in [7, 11) is 0. The van der Waals surface area contributed by atoms with Crippen molar-refractivity contribution in [1.29, 1.82) is 0 Å². The molecule has 1 unspecified atom stereocenters. The van der Waals surface area contributed by atoms with Crippen LogP contribution in [0.25, 0.3) is 0 Å². The van der Waals surface area contributed by atoms with Gasteiger partial charge in [0.25, 0.3) is 0 Å². The normalized spacial score (nSPS) is 21.8.